The molecule has 0 aliphatic heterocycles. The molecule has 3 aromatic rings. The second kappa shape index (κ2) is 10.6. The smallest absolute Gasteiger partial charge is 0.352 e. The van der Waals surface area contributed by atoms with Crippen LogP contribution in [0.3, 0.4) is 0 Å². The van der Waals surface area contributed by atoms with E-state index in [1.807, 2.05) is 0 Å². The van der Waals surface area contributed by atoms with Gasteiger partial charge in [0.05, 0.1) is 12.0 Å². The van der Waals surface area contributed by atoms with Gasteiger partial charge in [0.15, 0.2) is 11.5 Å². The third-order valence-corrected chi connectivity index (χ3v) is 4.55. The van der Waals surface area contributed by atoms with Gasteiger partial charge in [-0.1, -0.05) is 24.3 Å². The van der Waals surface area contributed by atoms with E-state index < -0.39 is 16.8 Å². The third-order valence-electron chi connectivity index (χ3n) is 4.55. The number of carboxylic acid groups (broad SMARTS) is 1. The average molecular weight is 448 g/mol. The first-order chi connectivity index (χ1) is 15.9. The summed E-state index contributed by atoms with van der Waals surface area (Å²) >= 11 is 0. The third kappa shape index (κ3) is 6.17. The fourth-order valence-electron chi connectivity index (χ4n) is 2.87. The minimum absolute atomic E-state index is 0.0129. The zero-order valence-electron chi connectivity index (χ0n) is 17.6. The maximum absolute atomic E-state index is 12.3. The van der Waals surface area contributed by atoms with Crippen molar-refractivity contribution in [3.8, 4) is 11.5 Å². The zero-order valence-corrected chi connectivity index (χ0v) is 17.6. The normalized spacial score (nSPS) is 10.9. The molecule has 0 aliphatic rings. The van der Waals surface area contributed by atoms with Crippen molar-refractivity contribution >= 4 is 23.6 Å². The number of nitro groups is 1. The number of benzene rings is 3. The van der Waals surface area contributed by atoms with E-state index in [2.05, 4.69) is 5.32 Å². The summed E-state index contributed by atoms with van der Waals surface area (Å²) in [5.41, 5.74) is 1.22. The van der Waals surface area contributed by atoms with Crippen molar-refractivity contribution in [2.24, 2.45) is 0 Å². The second-order valence-electron chi connectivity index (χ2n) is 6.81. The number of nitrogens with zero attached hydrogens (tertiary/aromatic N) is 1. The molecule has 3 rings (SSSR count). The van der Waals surface area contributed by atoms with E-state index in [0.717, 1.165) is 5.56 Å². The highest BCUT2D eigenvalue weighted by molar-refractivity contribution is 6.02. The van der Waals surface area contributed by atoms with Crippen molar-refractivity contribution in [3.05, 3.63) is 105 Å². The van der Waals surface area contributed by atoms with Gasteiger partial charge in [0.1, 0.15) is 12.3 Å². The Morgan fingerprint density at radius 1 is 1.03 bits per heavy atom. The zero-order chi connectivity index (χ0) is 23.8. The number of carbonyl (C=O) groups excluding carboxylic acids is 1. The molecule has 0 heterocycles. The molecule has 0 aliphatic carbocycles. The van der Waals surface area contributed by atoms with Crippen LogP contribution < -0.4 is 14.8 Å². The summed E-state index contributed by atoms with van der Waals surface area (Å²) in [7, 11) is 1.44. The summed E-state index contributed by atoms with van der Waals surface area (Å²) in [5.74, 6) is -1.08. The molecule has 1 amide bonds. The number of non-ortho nitro benzene ring substituents is 1. The average Bonchev–Trinajstić information content (AvgIpc) is 2.83. The van der Waals surface area contributed by atoms with Crippen LogP contribution in [-0.4, -0.2) is 29.0 Å². The number of carbonyl (C=O) groups is 2. The molecule has 0 atom stereocenters. The van der Waals surface area contributed by atoms with Crippen molar-refractivity contribution in [2.75, 3.05) is 7.11 Å². The van der Waals surface area contributed by atoms with Crippen molar-refractivity contribution < 1.29 is 29.1 Å². The maximum atomic E-state index is 12.3. The largest absolute Gasteiger partial charge is 0.493 e. The summed E-state index contributed by atoms with van der Waals surface area (Å²) in [6.07, 6.45) is 1.31. The Hall–Kier alpha value is -4.66. The lowest BCUT2D eigenvalue weighted by molar-refractivity contribution is -0.384. The first kappa shape index (κ1) is 23.0. The summed E-state index contributed by atoms with van der Waals surface area (Å²) < 4.78 is 11.1. The molecule has 9 nitrogen and oxygen atoms in total. The Morgan fingerprint density at radius 2 is 1.73 bits per heavy atom. The van der Waals surface area contributed by atoms with Gasteiger partial charge in [0.2, 0.25) is 0 Å². The lowest BCUT2D eigenvalue weighted by Crippen LogP contribution is -2.27. The van der Waals surface area contributed by atoms with Crippen molar-refractivity contribution in [3.63, 3.8) is 0 Å². The van der Waals surface area contributed by atoms with Crippen LogP contribution in [0.2, 0.25) is 0 Å². The maximum Gasteiger partial charge on any atom is 0.352 e. The monoisotopic (exact) mass is 448 g/mol. The lowest BCUT2D eigenvalue weighted by atomic mass is 10.1. The molecule has 0 spiro atoms. The highest BCUT2D eigenvalue weighted by Gasteiger charge is 2.14. The molecule has 33 heavy (non-hydrogen) atoms. The van der Waals surface area contributed by atoms with Gasteiger partial charge in [-0.25, -0.2) is 4.79 Å². The molecule has 0 aromatic heterocycles. The molecular weight excluding hydrogens is 428 g/mol. The van der Waals surface area contributed by atoms with Gasteiger partial charge in [-0.3, -0.25) is 14.9 Å². The minimum Gasteiger partial charge on any atom is -0.493 e. The lowest BCUT2D eigenvalue weighted by Gasteiger charge is -2.12. The fourth-order valence-corrected chi connectivity index (χ4v) is 2.87. The van der Waals surface area contributed by atoms with Gasteiger partial charge >= 0.3 is 5.97 Å². The van der Waals surface area contributed by atoms with E-state index in [9.17, 15) is 24.8 Å². The Kier molecular flexibility index (Phi) is 7.38. The van der Waals surface area contributed by atoms with Crippen LogP contribution in [0.25, 0.3) is 6.08 Å². The number of nitrogens with one attached hydrogen (secondary N) is 1. The molecule has 0 saturated heterocycles. The first-order valence-corrected chi connectivity index (χ1v) is 9.73. The van der Waals surface area contributed by atoms with Gasteiger partial charge in [-0.15, -0.1) is 0 Å². The predicted octanol–water partition coefficient (Wildman–Crippen LogP) is 4.04. The number of ether oxygens (including phenoxy) is 2. The van der Waals surface area contributed by atoms with Crippen molar-refractivity contribution in [1.29, 1.82) is 0 Å². The van der Waals surface area contributed by atoms with Gasteiger partial charge in [0, 0.05) is 17.7 Å². The highest BCUT2D eigenvalue weighted by Crippen LogP contribution is 2.30. The molecule has 0 bridgehead atoms. The van der Waals surface area contributed by atoms with Gasteiger partial charge in [-0.05, 0) is 53.6 Å². The second-order valence-corrected chi connectivity index (χ2v) is 6.81. The van der Waals surface area contributed by atoms with E-state index in [0.29, 0.717) is 22.6 Å². The van der Waals surface area contributed by atoms with Gasteiger partial charge < -0.3 is 19.9 Å². The SMILES string of the molecule is COc1cc(/C=C(/NC(=O)c2ccccc2)C(=O)O)ccc1OCc1ccc([N+](=O)[O-])cc1. The molecular formula is C24H20N2O7. The molecule has 0 saturated carbocycles. The number of hydrogen-bond donors (Lipinski definition) is 2. The highest BCUT2D eigenvalue weighted by atomic mass is 16.6. The number of carboxylic acids is 1. The van der Waals surface area contributed by atoms with E-state index in [1.165, 1.54) is 25.3 Å². The molecule has 0 unspecified atom stereocenters. The molecule has 3 aromatic carbocycles. The number of hydrogen-bond acceptors (Lipinski definition) is 6. The van der Waals surface area contributed by atoms with Gasteiger partial charge in [-0.2, -0.15) is 0 Å². The Labute approximate surface area is 189 Å². The number of aliphatic carboxylic acids is 1. The standard InChI is InChI=1S/C24H20N2O7/c1-32-22-14-17(13-20(24(28)29)25-23(27)18-5-3-2-4-6-18)9-12-21(22)33-15-16-7-10-19(11-8-16)26(30)31/h2-14H,15H2,1H3,(H,25,27)(H,28,29)/b20-13+. The first-order valence-electron chi connectivity index (χ1n) is 9.73. The summed E-state index contributed by atoms with van der Waals surface area (Å²) in [6, 6.07) is 19.0. The van der Waals surface area contributed by atoms with E-state index in [4.69, 9.17) is 9.47 Å². The Bertz CT molecular complexity index is 1190. The van der Waals surface area contributed by atoms with E-state index >= 15 is 0 Å². The topological polar surface area (TPSA) is 128 Å². The number of nitro benzene ring substituents is 1. The molecule has 0 fully saturated rings. The van der Waals surface area contributed by atoms with Crippen LogP contribution in [0.5, 0.6) is 11.5 Å². The number of methoxy groups -OCH3 is 1. The summed E-state index contributed by atoms with van der Waals surface area (Å²) in [6.45, 7) is 0.150. The van der Waals surface area contributed by atoms with Crippen LogP contribution in [-0.2, 0) is 11.4 Å². The van der Waals surface area contributed by atoms with Crippen molar-refractivity contribution in [2.45, 2.75) is 6.61 Å². The predicted molar refractivity (Wildman–Crippen MR) is 120 cm³/mol. The van der Waals surface area contributed by atoms with Crippen LogP contribution in [0.15, 0.2) is 78.5 Å². The Balaban J connectivity index is 1.75. The van der Waals surface area contributed by atoms with Crippen LogP contribution in [0.1, 0.15) is 21.5 Å². The minimum atomic E-state index is -1.29. The van der Waals surface area contributed by atoms with Crippen LogP contribution in [0.4, 0.5) is 5.69 Å². The van der Waals surface area contributed by atoms with Gasteiger partial charge in [0.25, 0.3) is 11.6 Å². The van der Waals surface area contributed by atoms with E-state index in [-0.39, 0.29) is 18.0 Å². The quantitative estimate of drug-likeness (QED) is 0.287. The Morgan fingerprint density at radius 3 is 2.33 bits per heavy atom. The van der Waals surface area contributed by atoms with Crippen LogP contribution in [0, 0.1) is 10.1 Å². The van der Waals surface area contributed by atoms with Crippen LogP contribution >= 0.6 is 0 Å². The molecule has 168 valence electrons. The van der Waals surface area contributed by atoms with Crippen molar-refractivity contribution in [1.82, 2.24) is 5.32 Å². The summed E-state index contributed by atoms with van der Waals surface area (Å²) in [5, 5.41) is 22.6. The fraction of sp³-hybridized carbons (Fsp3) is 0.0833. The molecule has 9 heteroatoms. The number of rotatable bonds is 9. The number of amides is 1. The molecule has 0 radical (unpaired) electrons. The molecule has 2 N–H and O–H groups in total. The summed E-state index contributed by atoms with van der Waals surface area (Å²) in [4.78, 5) is 34.2. The van der Waals surface area contributed by atoms with E-state index in [1.54, 1.807) is 60.7 Å².